The van der Waals surface area contributed by atoms with Crippen LogP contribution in [-0.2, 0) is 20.8 Å². The van der Waals surface area contributed by atoms with Crippen LogP contribution in [0.1, 0.15) is 232 Å². The van der Waals surface area contributed by atoms with Crippen LogP contribution in [-0.4, -0.2) is 49.7 Å². The summed E-state index contributed by atoms with van der Waals surface area (Å²) in [6.45, 7) is 14.7. The molecule has 0 aliphatic heterocycles. The van der Waals surface area contributed by atoms with E-state index in [0.29, 0.717) is 26.4 Å². The molecule has 2 unspecified atom stereocenters. The van der Waals surface area contributed by atoms with Gasteiger partial charge in [0.2, 0.25) is 0 Å². The molecule has 0 fully saturated rings. The highest BCUT2D eigenvalue weighted by atomic mass is 16.6. The monoisotopic (exact) mass is 746 g/mol. The Labute approximate surface area is 330 Å². The van der Waals surface area contributed by atoms with E-state index in [9.17, 15) is 5.11 Å². The van der Waals surface area contributed by atoms with Crippen LogP contribution < -0.4 is 5.32 Å². The summed E-state index contributed by atoms with van der Waals surface area (Å²) in [7, 11) is 0. The highest BCUT2D eigenvalue weighted by molar-refractivity contribution is 5.25. The fraction of sp³-hybridized carbons (Fsp3) is 0.875. The molecule has 2 atom stereocenters. The molecule has 0 heterocycles. The van der Waals surface area contributed by atoms with Crippen molar-refractivity contribution in [3.05, 3.63) is 35.4 Å². The zero-order chi connectivity index (χ0) is 38.5. The minimum Gasteiger partial charge on any atom is -0.387 e. The summed E-state index contributed by atoms with van der Waals surface area (Å²) in [5.74, 6) is 0. The molecule has 0 aromatic heterocycles. The molecule has 0 saturated carbocycles. The van der Waals surface area contributed by atoms with Gasteiger partial charge in [0.25, 0.3) is 0 Å². The lowest BCUT2D eigenvalue weighted by Crippen LogP contribution is -2.38. The van der Waals surface area contributed by atoms with Crippen LogP contribution in [0.15, 0.2) is 24.3 Å². The number of aliphatic hydroxyl groups is 1. The second kappa shape index (κ2) is 36.6. The number of unbranched alkanes of at least 4 members (excludes halogenated alkanes) is 26. The summed E-state index contributed by atoms with van der Waals surface area (Å²) in [6, 6.07) is 8.14. The first-order chi connectivity index (χ1) is 25.9. The molecule has 312 valence electrons. The maximum absolute atomic E-state index is 10.7. The van der Waals surface area contributed by atoms with Crippen molar-refractivity contribution in [2.24, 2.45) is 0 Å². The van der Waals surface area contributed by atoms with Gasteiger partial charge in [-0.25, -0.2) is 0 Å². The van der Waals surface area contributed by atoms with Crippen molar-refractivity contribution in [3.8, 4) is 0 Å². The second-order valence-corrected chi connectivity index (χ2v) is 17.2. The van der Waals surface area contributed by atoms with E-state index in [1.54, 1.807) is 0 Å². The summed E-state index contributed by atoms with van der Waals surface area (Å²) in [6.07, 6.45) is 37.7. The molecule has 0 amide bonds. The summed E-state index contributed by atoms with van der Waals surface area (Å²) >= 11 is 0. The van der Waals surface area contributed by atoms with Crippen LogP contribution in [0.25, 0.3) is 0 Å². The molecule has 2 N–H and O–H groups in total. The van der Waals surface area contributed by atoms with Crippen LogP contribution >= 0.6 is 0 Å². The van der Waals surface area contributed by atoms with Gasteiger partial charge in [-0.2, -0.15) is 0 Å². The largest absolute Gasteiger partial charge is 0.387 e. The van der Waals surface area contributed by atoms with Crippen LogP contribution in [0.2, 0.25) is 0 Å². The van der Waals surface area contributed by atoms with Gasteiger partial charge in [0, 0.05) is 25.3 Å². The Hall–Kier alpha value is -0.980. The highest BCUT2D eigenvalue weighted by Gasteiger charge is 2.15. The van der Waals surface area contributed by atoms with E-state index < -0.39 is 6.10 Å². The van der Waals surface area contributed by atoms with Gasteiger partial charge in [0.1, 0.15) is 6.10 Å². The van der Waals surface area contributed by atoms with E-state index in [-0.39, 0.29) is 11.6 Å². The van der Waals surface area contributed by atoms with Gasteiger partial charge in [0.15, 0.2) is 0 Å². The summed E-state index contributed by atoms with van der Waals surface area (Å²) < 4.78 is 18.7. The average molecular weight is 746 g/mol. The van der Waals surface area contributed by atoms with Crippen molar-refractivity contribution in [3.63, 3.8) is 0 Å². The molecule has 1 rings (SSSR count). The van der Waals surface area contributed by atoms with Crippen LogP contribution in [0.4, 0.5) is 0 Å². The average Bonchev–Trinajstić information content (AvgIpc) is 3.14. The fourth-order valence-corrected chi connectivity index (χ4v) is 7.02. The van der Waals surface area contributed by atoms with E-state index >= 15 is 0 Å². The van der Waals surface area contributed by atoms with E-state index in [1.165, 1.54) is 167 Å². The molecule has 5 nitrogen and oxygen atoms in total. The molecule has 53 heavy (non-hydrogen) atoms. The predicted molar refractivity (Wildman–Crippen MR) is 230 cm³/mol. The second-order valence-electron chi connectivity index (χ2n) is 17.2. The summed E-state index contributed by atoms with van der Waals surface area (Å²) in [5, 5.41) is 14.1. The Morgan fingerprint density at radius 1 is 0.547 bits per heavy atom. The van der Waals surface area contributed by atoms with Gasteiger partial charge in [-0.1, -0.05) is 205 Å². The van der Waals surface area contributed by atoms with Crippen molar-refractivity contribution >= 4 is 0 Å². The molecule has 0 spiro atoms. The summed E-state index contributed by atoms with van der Waals surface area (Å²) in [4.78, 5) is 0. The Balaban J connectivity index is 2.29. The third-order valence-corrected chi connectivity index (χ3v) is 10.5. The molecule has 0 saturated heterocycles. The first-order valence-electron chi connectivity index (χ1n) is 23.1. The number of β-amino-alcohol motifs (C(OH)–C–C–N with tert-alkyl or cyclic N) is 1. The Morgan fingerprint density at radius 3 is 1.42 bits per heavy atom. The molecule has 1 aromatic rings. The van der Waals surface area contributed by atoms with Gasteiger partial charge in [-0.05, 0) is 44.7 Å². The lowest BCUT2D eigenvalue weighted by molar-refractivity contribution is -0.0645. The number of benzene rings is 1. The minimum atomic E-state index is -0.543. The Kier molecular flexibility index (Phi) is 34.6. The molecule has 0 aliphatic carbocycles. The van der Waals surface area contributed by atoms with Crippen molar-refractivity contribution < 1.29 is 19.3 Å². The molecule has 5 heteroatoms. The molecule has 0 bridgehead atoms. The van der Waals surface area contributed by atoms with Crippen molar-refractivity contribution in [2.75, 3.05) is 33.0 Å². The molecule has 1 aromatic carbocycles. The van der Waals surface area contributed by atoms with E-state index in [4.69, 9.17) is 14.2 Å². The van der Waals surface area contributed by atoms with Crippen molar-refractivity contribution in [1.29, 1.82) is 0 Å². The predicted octanol–water partition coefficient (Wildman–Crippen LogP) is 14.0. The number of rotatable bonds is 40. The number of ether oxygens (including phenoxy) is 3. The number of hydrogen-bond donors (Lipinski definition) is 2. The normalized spacial score (nSPS) is 13.2. The van der Waals surface area contributed by atoms with Gasteiger partial charge in [-0.15, -0.1) is 0 Å². The van der Waals surface area contributed by atoms with Gasteiger partial charge in [-0.3, -0.25) is 0 Å². The SMILES string of the molecule is CCCCCCCCCCCCCCCCOCC(COCc1cccc(C(O)CNC(C)(C)C)c1)OCCCCCCCCCCCCCCCC. The third-order valence-electron chi connectivity index (χ3n) is 10.5. The van der Waals surface area contributed by atoms with Crippen LogP contribution in [0.5, 0.6) is 0 Å². The molecule has 0 aliphatic rings. The minimum absolute atomic E-state index is 0.0299. The van der Waals surface area contributed by atoms with E-state index in [2.05, 4.69) is 52.1 Å². The Bertz CT molecular complexity index is 887. The highest BCUT2D eigenvalue weighted by Crippen LogP contribution is 2.18. The quantitative estimate of drug-likeness (QED) is 0.0655. The number of nitrogens with one attached hydrogen (secondary N) is 1. The first-order valence-corrected chi connectivity index (χ1v) is 23.1. The van der Waals surface area contributed by atoms with Gasteiger partial charge in [0.05, 0.1) is 25.9 Å². The van der Waals surface area contributed by atoms with Gasteiger partial charge >= 0.3 is 0 Å². The van der Waals surface area contributed by atoms with Crippen LogP contribution in [0.3, 0.4) is 0 Å². The molecular formula is C48H91NO4. The molecule has 0 radical (unpaired) electrons. The smallest absolute Gasteiger partial charge is 0.104 e. The molecular weight excluding hydrogens is 655 g/mol. The van der Waals surface area contributed by atoms with Gasteiger partial charge < -0.3 is 24.6 Å². The Morgan fingerprint density at radius 2 is 0.962 bits per heavy atom. The van der Waals surface area contributed by atoms with E-state index in [0.717, 1.165) is 37.2 Å². The lowest BCUT2D eigenvalue weighted by Gasteiger charge is -2.23. The standard InChI is InChI=1S/C48H91NO4/c1-6-8-10-12-14-16-18-20-22-24-26-28-30-32-37-51-42-46(53-38-33-31-29-27-25-23-21-19-17-15-13-11-9-7-2)43-52-41-44-35-34-36-45(39-44)47(50)40-49-48(3,4)5/h34-36,39,46-47,49-50H,6-33,37-38,40-43H2,1-5H3. The summed E-state index contributed by atoms with van der Waals surface area (Å²) in [5.41, 5.74) is 1.97. The lowest BCUT2D eigenvalue weighted by atomic mass is 10.0. The van der Waals surface area contributed by atoms with Crippen molar-refractivity contribution in [2.45, 2.75) is 239 Å². The first kappa shape index (κ1) is 50.0. The van der Waals surface area contributed by atoms with Crippen molar-refractivity contribution in [1.82, 2.24) is 5.32 Å². The van der Waals surface area contributed by atoms with Crippen LogP contribution in [0, 0.1) is 0 Å². The van der Waals surface area contributed by atoms with E-state index in [1.807, 2.05) is 12.1 Å². The third kappa shape index (κ3) is 34.0. The number of hydrogen-bond acceptors (Lipinski definition) is 5. The fourth-order valence-electron chi connectivity index (χ4n) is 7.02. The maximum atomic E-state index is 10.7. The zero-order valence-corrected chi connectivity index (χ0v) is 36.2. The number of aliphatic hydroxyl groups excluding tert-OH is 1. The topological polar surface area (TPSA) is 60.0 Å². The zero-order valence-electron chi connectivity index (χ0n) is 36.2. The maximum Gasteiger partial charge on any atom is 0.104 e.